The van der Waals surface area contributed by atoms with Crippen molar-refractivity contribution in [3.05, 3.63) is 35.4 Å². The first-order valence-corrected chi connectivity index (χ1v) is 7.72. The lowest BCUT2D eigenvalue weighted by Gasteiger charge is -2.10. The van der Waals surface area contributed by atoms with Gasteiger partial charge in [0.1, 0.15) is 0 Å². The number of nitriles is 1. The highest BCUT2D eigenvalue weighted by molar-refractivity contribution is 6.06. The maximum absolute atomic E-state index is 12.8. The van der Waals surface area contributed by atoms with E-state index >= 15 is 0 Å². The molecule has 2 saturated carbocycles. The number of hydrogen-bond donors (Lipinski definition) is 1. The second kappa shape index (κ2) is 5.93. The SMILES string of the molecule is N#C[C@H](C(=O)NC1CC1)C(=O)[C@@H]1C[C@H]1c1cccc(C(F)(F)F)c1. The molecule has 7 heteroatoms. The summed E-state index contributed by atoms with van der Waals surface area (Å²) in [7, 11) is 0. The molecule has 1 amide bonds. The Balaban J connectivity index is 1.68. The Morgan fingerprint density at radius 2 is 2.00 bits per heavy atom. The van der Waals surface area contributed by atoms with E-state index in [-0.39, 0.29) is 12.0 Å². The van der Waals surface area contributed by atoms with Crippen LogP contribution in [0.5, 0.6) is 0 Å². The Labute approximate surface area is 136 Å². The van der Waals surface area contributed by atoms with Crippen LogP contribution in [0.3, 0.4) is 0 Å². The molecule has 2 fully saturated rings. The van der Waals surface area contributed by atoms with Crippen LogP contribution >= 0.6 is 0 Å². The minimum Gasteiger partial charge on any atom is -0.352 e. The molecule has 0 heterocycles. The molecule has 2 aliphatic rings. The van der Waals surface area contributed by atoms with Crippen molar-refractivity contribution in [2.75, 3.05) is 0 Å². The minimum atomic E-state index is -4.44. The molecule has 0 bridgehead atoms. The van der Waals surface area contributed by atoms with Gasteiger partial charge in [0.2, 0.25) is 5.91 Å². The van der Waals surface area contributed by atoms with Crippen molar-refractivity contribution in [1.82, 2.24) is 5.32 Å². The van der Waals surface area contributed by atoms with Gasteiger partial charge in [0.05, 0.1) is 11.6 Å². The largest absolute Gasteiger partial charge is 0.416 e. The molecule has 2 aliphatic carbocycles. The van der Waals surface area contributed by atoms with Crippen molar-refractivity contribution < 1.29 is 22.8 Å². The normalized spacial score (nSPS) is 23.9. The molecular formula is C17H15F3N2O2. The van der Waals surface area contributed by atoms with Crippen molar-refractivity contribution in [3.8, 4) is 6.07 Å². The molecule has 1 aromatic carbocycles. The predicted octanol–water partition coefficient (Wildman–Crippen LogP) is 2.80. The lowest BCUT2D eigenvalue weighted by atomic mass is 9.97. The Morgan fingerprint density at radius 1 is 1.29 bits per heavy atom. The summed E-state index contributed by atoms with van der Waals surface area (Å²) in [6.45, 7) is 0. The summed E-state index contributed by atoms with van der Waals surface area (Å²) in [6, 6.07) is 6.62. The average molecular weight is 336 g/mol. The Morgan fingerprint density at radius 3 is 2.58 bits per heavy atom. The zero-order valence-corrected chi connectivity index (χ0v) is 12.6. The molecule has 0 aliphatic heterocycles. The standard InChI is InChI=1S/C17H15F3N2O2/c18-17(19,20)10-3-1-2-9(6-10)12-7-13(12)15(23)14(8-21)16(24)22-11-4-5-11/h1-3,6,11-14H,4-5,7H2,(H,22,24)/t12-,13+,14-/m0/s1. The summed E-state index contributed by atoms with van der Waals surface area (Å²) in [6.07, 6.45) is -2.39. The van der Waals surface area contributed by atoms with Gasteiger partial charge in [-0.05, 0) is 36.8 Å². The average Bonchev–Trinajstić information content (AvgIpc) is 3.41. The smallest absolute Gasteiger partial charge is 0.352 e. The third-order valence-electron chi connectivity index (χ3n) is 4.40. The van der Waals surface area contributed by atoms with Crippen molar-refractivity contribution in [1.29, 1.82) is 5.26 Å². The Kier molecular flexibility index (Phi) is 4.08. The zero-order chi connectivity index (χ0) is 17.5. The number of benzene rings is 1. The van der Waals surface area contributed by atoms with E-state index in [4.69, 9.17) is 5.26 Å². The van der Waals surface area contributed by atoms with E-state index in [2.05, 4.69) is 5.32 Å². The zero-order valence-electron chi connectivity index (χ0n) is 12.6. The fourth-order valence-corrected chi connectivity index (χ4v) is 2.80. The second-order valence-corrected chi connectivity index (χ2v) is 6.32. The van der Waals surface area contributed by atoms with E-state index in [0.29, 0.717) is 12.0 Å². The number of carbonyl (C=O) groups excluding carboxylic acids is 2. The van der Waals surface area contributed by atoms with E-state index in [1.165, 1.54) is 6.07 Å². The lowest BCUT2D eigenvalue weighted by molar-refractivity contribution is -0.137. The van der Waals surface area contributed by atoms with Gasteiger partial charge in [0, 0.05) is 12.0 Å². The van der Waals surface area contributed by atoms with E-state index in [1.54, 1.807) is 12.1 Å². The van der Waals surface area contributed by atoms with E-state index < -0.39 is 35.3 Å². The molecule has 0 spiro atoms. The monoisotopic (exact) mass is 336 g/mol. The quantitative estimate of drug-likeness (QED) is 0.841. The number of nitrogens with one attached hydrogen (secondary N) is 1. The number of amides is 1. The Bertz CT molecular complexity index is 719. The van der Waals surface area contributed by atoms with Gasteiger partial charge >= 0.3 is 6.18 Å². The Hall–Kier alpha value is -2.36. The fourth-order valence-electron chi connectivity index (χ4n) is 2.80. The molecule has 1 N–H and O–H groups in total. The van der Waals surface area contributed by atoms with Crippen LogP contribution in [0.15, 0.2) is 24.3 Å². The number of Topliss-reactive ketones (excluding diaryl/α,β-unsaturated/α-hetero) is 1. The number of hydrogen-bond acceptors (Lipinski definition) is 3. The molecule has 4 nitrogen and oxygen atoms in total. The van der Waals surface area contributed by atoms with Crippen LogP contribution in [0.1, 0.15) is 36.3 Å². The van der Waals surface area contributed by atoms with Gasteiger partial charge in [-0.3, -0.25) is 9.59 Å². The molecule has 24 heavy (non-hydrogen) atoms. The first-order chi connectivity index (χ1) is 11.3. The summed E-state index contributed by atoms with van der Waals surface area (Å²) < 4.78 is 38.3. The molecule has 0 radical (unpaired) electrons. The lowest BCUT2D eigenvalue weighted by Crippen LogP contribution is -2.36. The molecule has 0 unspecified atom stereocenters. The number of carbonyl (C=O) groups is 2. The van der Waals surface area contributed by atoms with Crippen LogP contribution in [-0.4, -0.2) is 17.7 Å². The van der Waals surface area contributed by atoms with Gasteiger partial charge in [-0.25, -0.2) is 0 Å². The van der Waals surface area contributed by atoms with Gasteiger partial charge in [-0.15, -0.1) is 0 Å². The third-order valence-corrected chi connectivity index (χ3v) is 4.40. The fraction of sp³-hybridized carbons (Fsp3) is 0.471. The summed E-state index contributed by atoms with van der Waals surface area (Å²) in [5, 5.41) is 11.7. The van der Waals surface area contributed by atoms with Gasteiger partial charge in [0.15, 0.2) is 11.7 Å². The summed E-state index contributed by atoms with van der Waals surface area (Å²) in [5.41, 5.74) is -0.344. The highest BCUT2D eigenvalue weighted by Gasteiger charge is 2.48. The maximum Gasteiger partial charge on any atom is 0.416 e. The number of nitrogens with zero attached hydrogens (tertiary/aromatic N) is 1. The summed E-state index contributed by atoms with van der Waals surface area (Å²) >= 11 is 0. The highest BCUT2D eigenvalue weighted by atomic mass is 19.4. The molecule has 3 rings (SSSR count). The molecule has 1 aromatic rings. The second-order valence-electron chi connectivity index (χ2n) is 6.32. The summed E-state index contributed by atoms with van der Waals surface area (Å²) in [4.78, 5) is 24.3. The van der Waals surface area contributed by atoms with Crippen LogP contribution in [0, 0.1) is 23.2 Å². The van der Waals surface area contributed by atoms with Crippen molar-refractivity contribution in [2.45, 2.75) is 37.4 Å². The van der Waals surface area contributed by atoms with Crippen LogP contribution in [-0.2, 0) is 15.8 Å². The maximum atomic E-state index is 12.8. The van der Waals surface area contributed by atoms with E-state index in [1.807, 2.05) is 0 Å². The topological polar surface area (TPSA) is 70.0 Å². The van der Waals surface area contributed by atoms with Crippen LogP contribution in [0.4, 0.5) is 13.2 Å². The molecule has 3 atom stereocenters. The molecule has 0 aromatic heterocycles. The predicted molar refractivity (Wildman–Crippen MR) is 77.6 cm³/mol. The van der Waals surface area contributed by atoms with Crippen molar-refractivity contribution >= 4 is 11.7 Å². The summed E-state index contributed by atoms with van der Waals surface area (Å²) in [5.74, 6) is -3.41. The van der Waals surface area contributed by atoms with Gasteiger partial charge < -0.3 is 5.32 Å². The van der Waals surface area contributed by atoms with E-state index in [9.17, 15) is 22.8 Å². The van der Waals surface area contributed by atoms with Crippen molar-refractivity contribution in [2.24, 2.45) is 11.8 Å². The number of halogens is 3. The molecule has 126 valence electrons. The first kappa shape index (κ1) is 16.5. The first-order valence-electron chi connectivity index (χ1n) is 7.72. The van der Waals surface area contributed by atoms with Gasteiger partial charge in [0.25, 0.3) is 0 Å². The third kappa shape index (κ3) is 3.42. The van der Waals surface area contributed by atoms with Crippen LogP contribution in [0.25, 0.3) is 0 Å². The van der Waals surface area contributed by atoms with Gasteiger partial charge in [-0.1, -0.05) is 18.2 Å². The highest BCUT2D eigenvalue weighted by Crippen LogP contribution is 2.49. The van der Waals surface area contributed by atoms with Gasteiger partial charge in [-0.2, -0.15) is 18.4 Å². The number of rotatable bonds is 5. The number of ketones is 1. The molecule has 0 saturated heterocycles. The van der Waals surface area contributed by atoms with E-state index in [0.717, 1.165) is 25.0 Å². The van der Waals surface area contributed by atoms with Crippen molar-refractivity contribution in [3.63, 3.8) is 0 Å². The molecular weight excluding hydrogens is 321 g/mol. The number of alkyl halides is 3. The minimum absolute atomic E-state index is 0.0413. The van der Waals surface area contributed by atoms with Crippen LogP contribution in [0.2, 0.25) is 0 Å². The van der Waals surface area contributed by atoms with Crippen LogP contribution < -0.4 is 5.32 Å².